The second-order valence-electron chi connectivity index (χ2n) is 8.21. The minimum atomic E-state index is 0.218. The zero-order valence-electron chi connectivity index (χ0n) is 19.7. The van der Waals surface area contributed by atoms with Gasteiger partial charge < -0.3 is 15.2 Å². The van der Waals surface area contributed by atoms with Crippen molar-refractivity contribution >= 4 is 0 Å². The largest absolute Gasteiger partial charge is 0.489 e. The molecule has 1 aromatic heterocycles. The molecule has 2 N–H and O–H groups in total. The molecule has 0 bridgehead atoms. The zero-order valence-corrected chi connectivity index (χ0v) is 19.7. The van der Waals surface area contributed by atoms with Crippen molar-refractivity contribution in [1.29, 1.82) is 0 Å². The molecule has 0 aliphatic heterocycles. The lowest BCUT2D eigenvalue weighted by Crippen LogP contribution is -2.08. The van der Waals surface area contributed by atoms with E-state index >= 15 is 0 Å². The molecule has 6 heteroatoms. The summed E-state index contributed by atoms with van der Waals surface area (Å²) in [5.41, 5.74) is 9.74. The Bertz CT molecular complexity index is 1320. The van der Waals surface area contributed by atoms with Crippen LogP contribution in [0.15, 0.2) is 109 Å². The molecule has 0 radical (unpaired) electrons. The highest BCUT2D eigenvalue weighted by Crippen LogP contribution is 2.23. The van der Waals surface area contributed by atoms with Gasteiger partial charge in [-0.2, -0.15) is 0 Å². The van der Waals surface area contributed by atoms with Gasteiger partial charge in [0.2, 0.25) is 0 Å². The van der Waals surface area contributed by atoms with Crippen LogP contribution >= 0.6 is 0 Å². The van der Waals surface area contributed by atoms with E-state index in [0.29, 0.717) is 30.7 Å². The maximum absolute atomic E-state index is 5.93. The number of benzene rings is 4. The van der Waals surface area contributed by atoms with Crippen molar-refractivity contribution in [3.8, 4) is 34.3 Å². The first-order valence-corrected chi connectivity index (χ1v) is 11.8. The Morgan fingerprint density at radius 3 is 1.44 bits per heavy atom. The van der Waals surface area contributed by atoms with Crippen molar-refractivity contribution < 1.29 is 9.47 Å². The Balaban J connectivity index is 1.38. The predicted molar refractivity (Wildman–Crippen MR) is 140 cm³/mol. The van der Waals surface area contributed by atoms with Crippen molar-refractivity contribution in [2.45, 2.75) is 19.8 Å². The summed E-state index contributed by atoms with van der Waals surface area (Å²) in [5.74, 6) is 3.34. The number of ether oxygens (including phenoxy) is 2. The molecule has 6 nitrogen and oxygen atoms in total. The lowest BCUT2D eigenvalue weighted by Gasteiger charge is -2.10. The van der Waals surface area contributed by atoms with Crippen LogP contribution in [0, 0.1) is 0 Å². The first-order chi connectivity index (χ1) is 17.8. The summed E-state index contributed by atoms with van der Waals surface area (Å²) >= 11 is 0. The molecule has 0 unspecified atom stereocenters. The molecule has 0 fully saturated rings. The monoisotopic (exact) mass is 474 g/mol. The quantitative estimate of drug-likeness (QED) is 0.290. The lowest BCUT2D eigenvalue weighted by atomic mass is 10.1. The summed E-state index contributed by atoms with van der Waals surface area (Å²) < 4.78 is 11.8. The van der Waals surface area contributed by atoms with E-state index in [9.17, 15) is 0 Å². The van der Waals surface area contributed by atoms with Crippen LogP contribution in [0.1, 0.15) is 17.0 Å². The smallest absolute Gasteiger partial charge is 0.163 e. The normalized spacial score (nSPS) is 10.7. The van der Waals surface area contributed by atoms with Gasteiger partial charge in [-0.15, -0.1) is 0 Å². The van der Waals surface area contributed by atoms with Crippen LogP contribution in [0.5, 0.6) is 11.5 Å². The van der Waals surface area contributed by atoms with E-state index in [2.05, 4.69) is 9.97 Å². The van der Waals surface area contributed by atoms with Gasteiger partial charge in [-0.25, -0.2) is 15.0 Å². The van der Waals surface area contributed by atoms with Crippen LogP contribution in [0.4, 0.5) is 0 Å². The highest BCUT2D eigenvalue weighted by Gasteiger charge is 2.11. The van der Waals surface area contributed by atoms with E-state index in [-0.39, 0.29) is 6.54 Å². The summed E-state index contributed by atoms with van der Waals surface area (Å²) in [6.07, 6.45) is 0. The molecule has 36 heavy (non-hydrogen) atoms. The zero-order chi connectivity index (χ0) is 24.6. The fourth-order valence-corrected chi connectivity index (χ4v) is 3.74. The summed E-state index contributed by atoms with van der Waals surface area (Å²) in [4.78, 5) is 14.0. The van der Waals surface area contributed by atoms with Gasteiger partial charge in [0.25, 0.3) is 0 Å². The summed E-state index contributed by atoms with van der Waals surface area (Å²) in [7, 11) is 0. The van der Waals surface area contributed by atoms with E-state index in [1.54, 1.807) is 0 Å². The summed E-state index contributed by atoms with van der Waals surface area (Å²) in [6, 6.07) is 35.5. The Hall–Kier alpha value is -4.55. The Labute approximate surface area is 210 Å². The van der Waals surface area contributed by atoms with Crippen molar-refractivity contribution in [1.82, 2.24) is 15.0 Å². The van der Waals surface area contributed by atoms with Gasteiger partial charge in [0.15, 0.2) is 11.6 Å². The minimum Gasteiger partial charge on any atom is -0.489 e. The number of nitrogens with two attached hydrogens (primary N) is 1. The first kappa shape index (κ1) is 23.2. The molecule has 0 aliphatic carbocycles. The van der Waals surface area contributed by atoms with Gasteiger partial charge in [0.1, 0.15) is 30.5 Å². The van der Waals surface area contributed by atoms with E-state index in [4.69, 9.17) is 20.2 Å². The van der Waals surface area contributed by atoms with Crippen molar-refractivity contribution in [2.75, 3.05) is 0 Å². The third-order valence-electron chi connectivity index (χ3n) is 5.53. The van der Waals surface area contributed by atoms with Crippen LogP contribution in [-0.2, 0) is 19.8 Å². The molecule has 4 aromatic carbocycles. The van der Waals surface area contributed by atoms with Gasteiger partial charge >= 0.3 is 0 Å². The molecule has 5 rings (SSSR count). The van der Waals surface area contributed by atoms with Gasteiger partial charge in [0, 0.05) is 11.1 Å². The SMILES string of the molecule is NCc1nc(-c2cccc(COc3ccccc3)c2)nc(-c2cccc(COc3ccccc3)c2)n1. The fourth-order valence-electron chi connectivity index (χ4n) is 3.74. The average molecular weight is 475 g/mol. The molecule has 0 atom stereocenters. The Morgan fingerprint density at radius 2 is 1.00 bits per heavy atom. The second kappa shape index (κ2) is 11.3. The third kappa shape index (κ3) is 5.92. The standard InChI is InChI=1S/C30H26N4O2/c31-19-28-32-29(24-11-7-9-22(17-24)20-35-26-13-3-1-4-14-26)34-30(33-28)25-12-8-10-23(18-25)21-36-27-15-5-2-6-16-27/h1-18H,19-21,31H2. The molecule has 0 saturated heterocycles. The highest BCUT2D eigenvalue weighted by molar-refractivity contribution is 5.62. The van der Waals surface area contributed by atoms with E-state index in [1.165, 1.54) is 0 Å². The maximum Gasteiger partial charge on any atom is 0.163 e. The van der Waals surface area contributed by atoms with Crippen molar-refractivity contribution in [3.63, 3.8) is 0 Å². The van der Waals surface area contributed by atoms with Crippen LogP contribution in [0.2, 0.25) is 0 Å². The second-order valence-corrected chi connectivity index (χ2v) is 8.21. The Kier molecular flexibility index (Phi) is 7.25. The van der Waals surface area contributed by atoms with Crippen LogP contribution in [0.3, 0.4) is 0 Å². The van der Waals surface area contributed by atoms with E-state index in [1.807, 2.05) is 109 Å². The highest BCUT2D eigenvalue weighted by atomic mass is 16.5. The van der Waals surface area contributed by atoms with Gasteiger partial charge in [0.05, 0.1) is 6.54 Å². The predicted octanol–water partition coefficient (Wildman–Crippen LogP) is 5.82. The molecule has 0 spiro atoms. The van der Waals surface area contributed by atoms with Crippen LogP contribution in [-0.4, -0.2) is 15.0 Å². The van der Waals surface area contributed by atoms with Gasteiger partial charge in [-0.05, 0) is 47.5 Å². The Morgan fingerprint density at radius 1 is 0.528 bits per heavy atom. The molecular weight excluding hydrogens is 448 g/mol. The van der Waals surface area contributed by atoms with Crippen LogP contribution < -0.4 is 15.2 Å². The summed E-state index contributed by atoms with van der Waals surface area (Å²) in [5, 5.41) is 0. The average Bonchev–Trinajstić information content (AvgIpc) is 2.96. The minimum absolute atomic E-state index is 0.218. The van der Waals surface area contributed by atoms with Crippen LogP contribution in [0.25, 0.3) is 22.8 Å². The molecule has 1 heterocycles. The summed E-state index contributed by atoms with van der Waals surface area (Å²) in [6.45, 7) is 1.11. The molecular formula is C30H26N4O2. The number of hydrogen-bond acceptors (Lipinski definition) is 6. The molecule has 178 valence electrons. The number of aromatic nitrogens is 3. The fraction of sp³-hybridized carbons (Fsp3) is 0.100. The number of rotatable bonds is 9. The maximum atomic E-state index is 5.93. The first-order valence-electron chi connectivity index (χ1n) is 11.8. The molecule has 0 amide bonds. The number of hydrogen-bond donors (Lipinski definition) is 1. The van der Waals surface area contributed by atoms with Gasteiger partial charge in [-0.1, -0.05) is 72.8 Å². The number of nitrogens with zero attached hydrogens (tertiary/aromatic N) is 3. The van der Waals surface area contributed by atoms with Gasteiger partial charge in [-0.3, -0.25) is 0 Å². The molecule has 5 aromatic rings. The third-order valence-corrected chi connectivity index (χ3v) is 5.53. The van der Waals surface area contributed by atoms with Crippen molar-refractivity contribution in [2.24, 2.45) is 5.73 Å². The lowest BCUT2D eigenvalue weighted by molar-refractivity contribution is 0.306. The van der Waals surface area contributed by atoms with Crippen molar-refractivity contribution in [3.05, 3.63) is 126 Å². The number of para-hydroxylation sites is 2. The van der Waals surface area contributed by atoms with E-state index in [0.717, 1.165) is 33.8 Å². The van der Waals surface area contributed by atoms with E-state index < -0.39 is 0 Å². The molecule has 0 aliphatic rings. The topological polar surface area (TPSA) is 83.2 Å². The molecule has 0 saturated carbocycles.